The molecule has 0 saturated heterocycles. The van der Waals surface area contributed by atoms with Crippen molar-refractivity contribution in [2.75, 3.05) is 6.61 Å². The average molecular weight is 362 g/mol. The second-order valence-corrected chi connectivity index (χ2v) is 6.55. The summed E-state index contributed by atoms with van der Waals surface area (Å²) in [5.41, 5.74) is 4.51. The van der Waals surface area contributed by atoms with Gasteiger partial charge in [0.05, 0.1) is 16.9 Å². The van der Waals surface area contributed by atoms with Gasteiger partial charge in [0.15, 0.2) is 0 Å². The van der Waals surface area contributed by atoms with Crippen LogP contribution in [0.3, 0.4) is 0 Å². The number of nitrogens with zero attached hydrogens (tertiary/aromatic N) is 2. The quantitative estimate of drug-likeness (QED) is 0.290. The van der Waals surface area contributed by atoms with Crippen LogP contribution in [0.4, 0.5) is 11.4 Å². The van der Waals surface area contributed by atoms with Crippen molar-refractivity contribution in [3.05, 3.63) is 83.5 Å². The highest BCUT2D eigenvalue weighted by Gasteiger charge is 2.06. The minimum atomic E-state index is -0.338. The minimum Gasteiger partial charge on any atom is -0.458 e. The summed E-state index contributed by atoms with van der Waals surface area (Å²) in [5, 5.41) is 8.31. The Bertz CT molecular complexity index is 815. The van der Waals surface area contributed by atoms with Crippen LogP contribution in [0.25, 0.3) is 0 Å². The lowest BCUT2D eigenvalue weighted by Gasteiger charge is -2.04. The molecule has 0 bridgehead atoms. The van der Waals surface area contributed by atoms with Crippen LogP contribution in [0.2, 0.25) is 0 Å². The van der Waals surface area contributed by atoms with E-state index in [2.05, 4.69) is 37.1 Å². The summed E-state index contributed by atoms with van der Waals surface area (Å²) >= 11 is 0. The standard InChI is InChI=1S/C23H26N2O2/c1-18(2)8-7-9-19(3)16-17-27-23(26)20-12-14-22(15-13-20)25-24-21-10-5-4-6-11-21/h4-6,8,10-16H,7,9,17H2,1-3H3/b19-16-,25-24?. The molecule has 2 rings (SSSR count). The molecule has 0 aliphatic heterocycles. The first-order valence-corrected chi connectivity index (χ1v) is 9.07. The van der Waals surface area contributed by atoms with Crippen molar-refractivity contribution in [1.29, 1.82) is 0 Å². The summed E-state index contributed by atoms with van der Waals surface area (Å²) in [6.45, 7) is 6.53. The molecule has 0 aromatic heterocycles. The van der Waals surface area contributed by atoms with Gasteiger partial charge in [0, 0.05) is 0 Å². The third-order valence-electron chi connectivity index (χ3n) is 3.88. The molecule has 140 valence electrons. The van der Waals surface area contributed by atoms with Crippen molar-refractivity contribution < 1.29 is 9.53 Å². The molecule has 0 aliphatic rings. The molecule has 0 heterocycles. The van der Waals surface area contributed by atoms with Crippen LogP contribution in [-0.2, 0) is 4.74 Å². The monoisotopic (exact) mass is 362 g/mol. The normalized spacial score (nSPS) is 11.4. The van der Waals surface area contributed by atoms with Crippen LogP contribution in [0.5, 0.6) is 0 Å². The Kier molecular flexibility index (Phi) is 8.17. The molecular weight excluding hydrogens is 336 g/mol. The smallest absolute Gasteiger partial charge is 0.338 e. The molecule has 0 atom stereocenters. The lowest BCUT2D eigenvalue weighted by Crippen LogP contribution is -2.05. The van der Waals surface area contributed by atoms with E-state index >= 15 is 0 Å². The van der Waals surface area contributed by atoms with Crippen LogP contribution < -0.4 is 0 Å². The molecule has 27 heavy (non-hydrogen) atoms. The number of carbonyl (C=O) groups is 1. The summed E-state index contributed by atoms with van der Waals surface area (Å²) in [5.74, 6) is -0.338. The van der Waals surface area contributed by atoms with Crippen LogP contribution in [0.1, 0.15) is 44.0 Å². The maximum absolute atomic E-state index is 12.1. The number of allylic oxidation sites excluding steroid dienone is 3. The van der Waals surface area contributed by atoms with Crippen LogP contribution in [-0.4, -0.2) is 12.6 Å². The molecule has 0 radical (unpaired) electrons. The summed E-state index contributed by atoms with van der Waals surface area (Å²) in [6, 6.07) is 16.4. The van der Waals surface area contributed by atoms with Crippen LogP contribution >= 0.6 is 0 Å². The predicted octanol–water partition coefficient (Wildman–Crippen LogP) is 6.95. The van der Waals surface area contributed by atoms with Gasteiger partial charge in [0.1, 0.15) is 6.61 Å². The van der Waals surface area contributed by atoms with E-state index in [1.807, 2.05) is 36.4 Å². The first-order chi connectivity index (χ1) is 13.0. The molecule has 2 aromatic carbocycles. The fourth-order valence-corrected chi connectivity index (χ4v) is 2.31. The third-order valence-corrected chi connectivity index (χ3v) is 3.88. The summed E-state index contributed by atoms with van der Waals surface area (Å²) in [7, 11) is 0. The number of hydrogen-bond acceptors (Lipinski definition) is 4. The highest BCUT2D eigenvalue weighted by molar-refractivity contribution is 5.89. The Morgan fingerprint density at radius 2 is 1.52 bits per heavy atom. The molecular formula is C23H26N2O2. The second-order valence-electron chi connectivity index (χ2n) is 6.55. The fraction of sp³-hybridized carbons (Fsp3) is 0.261. The molecule has 0 fully saturated rings. The first-order valence-electron chi connectivity index (χ1n) is 9.07. The Morgan fingerprint density at radius 3 is 2.15 bits per heavy atom. The van der Waals surface area contributed by atoms with Crippen molar-refractivity contribution in [3.63, 3.8) is 0 Å². The van der Waals surface area contributed by atoms with E-state index in [4.69, 9.17) is 4.74 Å². The number of benzene rings is 2. The Labute approximate surface area is 161 Å². The van der Waals surface area contributed by atoms with Crippen molar-refractivity contribution in [2.45, 2.75) is 33.6 Å². The van der Waals surface area contributed by atoms with Gasteiger partial charge >= 0.3 is 5.97 Å². The maximum Gasteiger partial charge on any atom is 0.338 e. The molecule has 0 aliphatic carbocycles. The van der Waals surface area contributed by atoms with Crippen LogP contribution in [0, 0.1) is 0 Å². The van der Waals surface area contributed by atoms with E-state index in [9.17, 15) is 4.79 Å². The molecule has 0 amide bonds. The number of hydrogen-bond donors (Lipinski definition) is 0. The van der Waals surface area contributed by atoms with Crippen LogP contribution in [0.15, 0.2) is 88.1 Å². The molecule has 4 heteroatoms. The zero-order valence-electron chi connectivity index (χ0n) is 16.2. The SMILES string of the molecule is CC(C)=CCC/C(C)=C\COC(=O)c1ccc(N=Nc2ccccc2)cc1. The van der Waals surface area contributed by atoms with Crippen molar-refractivity contribution >= 4 is 17.3 Å². The van der Waals surface area contributed by atoms with E-state index in [1.54, 1.807) is 24.3 Å². The van der Waals surface area contributed by atoms with E-state index in [-0.39, 0.29) is 12.6 Å². The van der Waals surface area contributed by atoms with Gasteiger partial charge in [-0.2, -0.15) is 10.2 Å². The van der Waals surface area contributed by atoms with Crippen molar-refractivity contribution in [1.82, 2.24) is 0 Å². The van der Waals surface area contributed by atoms with E-state index < -0.39 is 0 Å². The lowest BCUT2D eigenvalue weighted by molar-refractivity contribution is 0.0549. The number of rotatable bonds is 8. The number of esters is 1. The minimum absolute atomic E-state index is 0.287. The van der Waals surface area contributed by atoms with Gasteiger partial charge in [-0.05, 0) is 76.1 Å². The zero-order chi connectivity index (χ0) is 19.5. The van der Waals surface area contributed by atoms with Gasteiger partial charge in [-0.25, -0.2) is 4.79 Å². The van der Waals surface area contributed by atoms with Gasteiger partial charge in [-0.1, -0.05) is 35.4 Å². The van der Waals surface area contributed by atoms with Gasteiger partial charge in [0.2, 0.25) is 0 Å². The largest absolute Gasteiger partial charge is 0.458 e. The average Bonchev–Trinajstić information content (AvgIpc) is 2.67. The summed E-state index contributed by atoms with van der Waals surface area (Å²) in [6.07, 6.45) is 6.15. The number of carbonyl (C=O) groups excluding carboxylic acids is 1. The Hall–Kier alpha value is -3.01. The van der Waals surface area contributed by atoms with E-state index in [0.717, 1.165) is 18.5 Å². The van der Waals surface area contributed by atoms with E-state index in [0.29, 0.717) is 11.3 Å². The lowest BCUT2D eigenvalue weighted by atomic mass is 10.1. The predicted molar refractivity (Wildman–Crippen MR) is 110 cm³/mol. The Morgan fingerprint density at radius 1 is 0.889 bits per heavy atom. The van der Waals surface area contributed by atoms with Gasteiger partial charge in [-0.3, -0.25) is 0 Å². The summed E-state index contributed by atoms with van der Waals surface area (Å²) in [4.78, 5) is 12.1. The second kappa shape index (κ2) is 10.9. The first kappa shape index (κ1) is 20.3. The number of azo groups is 1. The molecule has 0 saturated carbocycles. The number of ether oxygens (including phenoxy) is 1. The molecule has 0 unspecified atom stereocenters. The van der Waals surface area contributed by atoms with Gasteiger partial charge < -0.3 is 4.74 Å². The highest BCUT2D eigenvalue weighted by atomic mass is 16.5. The van der Waals surface area contributed by atoms with Gasteiger partial charge in [0.25, 0.3) is 0 Å². The zero-order valence-corrected chi connectivity index (χ0v) is 16.2. The Balaban J connectivity index is 1.83. The maximum atomic E-state index is 12.1. The topological polar surface area (TPSA) is 51.0 Å². The molecule has 0 N–H and O–H groups in total. The third kappa shape index (κ3) is 7.82. The molecule has 0 spiro atoms. The van der Waals surface area contributed by atoms with Gasteiger partial charge in [-0.15, -0.1) is 0 Å². The fourth-order valence-electron chi connectivity index (χ4n) is 2.31. The van der Waals surface area contributed by atoms with Crippen molar-refractivity contribution in [2.24, 2.45) is 10.2 Å². The molecule has 4 nitrogen and oxygen atoms in total. The van der Waals surface area contributed by atoms with Crippen molar-refractivity contribution in [3.8, 4) is 0 Å². The highest BCUT2D eigenvalue weighted by Crippen LogP contribution is 2.18. The molecule has 2 aromatic rings. The van der Waals surface area contributed by atoms with E-state index in [1.165, 1.54) is 11.1 Å². The summed E-state index contributed by atoms with van der Waals surface area (Å²) < 4.78 is 5.31.